The van der Waals surface area contributed by atoms with Crippen LogP contribution >= 0.6 is 0 Å². The third kappa shape index (κ3) is 5.84. The zero-order chi connectivity index (χ0) is 32.3. The van der Waals surface area contributed by atoms with Crippen LogP contribution in [0.25, 0.3) is 61.0 Å². The number of hydrogen-bond donors (Lipinski definition) is 1. The number of para-hydroxylation sites is 1. The Morgan fingerprint density at radius 2 is 1.38 bits per heavy atom. The number of aliphatic imine (C=N–C) groups is 1. The summed E-state index contributed by atoms with van der Waals surface area (Å²) >= 11 is 0. The zero-order valence-corrected chi connectivity index (χ0v) is 26.8. The first-order valence-corrected chi connectivity index (χ1v) is 16.1. The molecular formula is C44H36N2O. The van der Waals surface area contributed by atoms with Crippen molar-refractivity contribution < 1.29 is 4.42 Å². The molecule has 0 radical (unpaired) electrons. The summed E-state index contributed by atoms with van der Waals surface area (Å²) in [7, 11) is 0. The van der Waals surface area contributed by atoms with Crippen molar-refractivity contribution in [2.75, 3.05) is 0 Å². The lowest BCUT2D eigenvalue weighted by Gasteiger charge is -2.17. The molecular weight excluding hydrogens is 572 g/mol. The molecule has 228 valence electrons. The maximum Gasteiger partial charge on any atom is 0.135 e. The smallest absolute Gasteiger partial charge is 0.135 e. The van der Waals surface area contributed by atoms with Crippen molar-refractivity contribution >= 4 is 40.1 Å². The number of hydrogen-bond acceptors (Lipinski definition) is 3. The maximum atomic E-state index is 9.46. The molecule has 0 saturated carbocycles. The summed E-state index contributed by atoms with van der Waals surface area (Å²) in [5.74, 6) is 0. The van der Waals surface area contributed by atoms with E-state index in [4.69, 9.17) is 4.42 Å². The topological polar surface area (TPSA) is 49.4 Å². The molecule has 0 aliphatic heterocycles. The molecule has 0 bridgehead atoms. The summed E-state index contributed by atoms with van der Waals surface area (Å²) in [5.41, 5.74) is 13.8. The van der Waals surface area contributed by atoms with Crippen molar-refractivity contribution in [2.24, 2.45) is 4.99 Å². The molecule has 47 heavy (non-hydrogen) atoms. The van der Waals surface area contributed by atoms with Crippen molar-refractivity contribution in [3.05, 3.63) is 162 Å². The monoisotopic (exact) mass is 608 g/mol. The minimum Gasteiger partial charge on any atom is -0.456 e. The third-order valence-corrected chi connectivity index (χ3v) is 8.92. The Morgan fingerprint density at radius 3 is 2.19 bits per heavy atom. The van der Waals surface area contributed by atoms with Gasteiger partial charge < -0.3 is 9.83 Å². The number of nitrogens with one attached hydrogen (secondary N) is 1. The van der Waals surface area contributed by atoms with Gasteiger partial charge in [0.2, 0.25) is 0 Å². The van der Waals surface area contributed by atoms with Crippen LogP contribution in [0, 0.1) is 12.3 Å². The Labute approximate surface area is 276 Å². The fraction of sp³-hybridized carbons (Fsp3) is 0.0909. The largest absolute Gasteiger partial charge is 0.456 e. The first kappa shape index (κ1) is 29.9. The quantitative estimate of drug-likeness (QED) is 0.163. The zero-order valence-electron chi connectivity index (χ0n) is 26.8. The summed E-state index contributed by atoms with van der Waals surface area (Å²) in [6.45, 7) is 8.23. The normalized spacial score (nSPS) is 11.7. The van der Waals surface area contributed by atoms with E-state index in [0.717, 1.165) is 68.2 Å². The highest BCUT2D eigenvalue weighted by atomic mass is 16.3. The van der Waals surface area contributed by atoms with E-state index in [0.29, 0.717) is 11.4 Å². The number of allylic oxidation sites excluding steroid dienone is 1. The van der Waals surface area contributed by atoms with E-state index in [2.05, 4.69) is 104 Å². The Kier molecular flexibility index (Phi) is 8.20. The predicted molar refractivity (Wildman–Crippen MR) is 200 cm³/mol. The van der Waals surface area contributed by atoms with E-state index < -0.39 is 0 Å². The van der Waals surface area contributed by atoms with E-state index in [1.165, 1.54) is 22.3 Å². The van der Waals surface area contributed by atoms with Gasteiger partial charge in [0.1, 0.15) is 11.2 Å². The molecule has 7 rings (SSSR count). The fourth-order valence-corrected chi connectivity index (χ4v) is 6.50. The van der Waals surface area contributed by atoms with Crippen LogP contribution < -0.4 is 0 Å². The van der Waals surface area contributed by atoms with E-state index in [1.54, 1.807) is 0 Å². The van der Waals surface area contributed by atoms with Gasteiger partial charge in [-0.2, -0.15) is 0 Å². The van der Waals surface area contributed by atoms with Crippen molar-refractivity contribution in [2.45, 2.75) is 26.7 Å². The van der Waals surface area contributed by atoms with Gasteiger partial charge in [-0.25, -0.2) is 0 Å². The van der Waals surface area contributed by atoms with Gasteiger partial charge in [0.05, 0.1) is 11.4 Å². The van der Waals surface area contributed by atoms with Gasteiger partial charge in [-0.15, -0.1) is 0 Å². The molecule has 6 aromatic carbocycles. The molecule has 1 heterocycles. The lowest BCUT2D eigenvalue weighted by molar-refractivity contribution is 0.669. The number of nitrogens with zero attached hydrogens (tertiary/aromatic N) is 1. The summed E-state index contributed by atoms with van der Waals surface area (Å²) < 4.78 is 6.11. The second-order valence-corrected chi connectivity index (χ2v) is 12.0. The minimum absolute atomic E-state index is 0.373. The van der Waals surface area contributed by atoms with Gasteiger partial charge in [0.15, 0.2) is 0 Å². The van der Waals surface area contributed by atoms with Crippen molar-refractivity contribution in [1.29, 1.82) is 5.41 Å². The van der Waals surface area contributed by atoms with Crippen molar-refractivity contribution in [1.82, 2.24) is 0 Å². The van der Waals surface area contributed by atoms with Crippen LogP contribution in [0.3, 0.4) is 0 Å². The molecule has 0 spiro atoms. The fourth-order valence-electron chi connectivity index (χ4n) is 6.50. The van der Waals surface area contributed by atoms with Gasteiger partial charge in [-0.3, -0.25) is 4.99 Å². The van der Waals surface area contributed by atoms with Gasteiger partial charge in [-0.05, 0) is 101 Å². The van der Waals surface area contributed by atoms with Gasteiger partial charge in [-0.1, -0.05) is 116 Å². The van der Waals surface area contributed by atoms with Gasteiger partial charge in [0.25, 0.3) is 0 Å². The summed E-state index contributed by atoms with van der Waals surface area (Å²) in [4.78, 5) is 4.32. The lowest BCUT2D eigenvalue weighted by Crippen LogP contribution is -2.01. The van der Waals surface area contributed by atoms with E-state index >= 15 is 0 Å². The predicted octanol–water partition coefficient (Wildman–Crippen LogP) is 12.0. The molecule has 0 aliphatic rings. The van der Waals surface area contributed by atoms with Crippen LogP contribution in [-0.4, -0.2) is 12.4 Å². The standard InChI is InChI=1S/C44H36N2O/c1-4-12-30-19-20-34(27-38(30)35-16-9-8-13-29(35)2)36-23-21-32(25-39(36)41(45)28-42(46-3)31-14-6-5-7-15-31)33-22-24-44-40(26-33)37-17-10-11-18-43(37)47-44/h5-11,13-28,45H,3-4,12H2,1-2H3/b42-28-,45-41?. The van der Waals surface area contributed by atoms with Crippen molar-refractivity contribution in [3.63, 3.8) is 0 Å². The summed E-state index contributed by atoms with van der Waals surface area (Å²) in [5, 5.41) is 11.6. The number of benzene rings is 6. The van der Waals surface area contributed by atoms with Gasteiger partial charge in [0, 0.05) is 21.9 Å². The molecule has 1 aromatic heterocycles. The Balaban J connectivity index is 1.41. The molecule has 3 nitrogen and oxygen atoms in total. The molecule has 0 aliphatic carbocycles. The molecule has 0 saturated heterocycles. The van der Waals surface area contributed by atoms with Crippen LogP contribution in [-0.2, 0) is 6.42 Å². The molecule has 7 aromatic rings. The molecule has 1 N–H and O–H groups in total. The SMILES string of the molecule is C=N/C(=C\C(=N)c1cc(-c2ccc3oc4ccccc4c3c2)ccc1-c1ccc(CCC)c(-c2ccccc2C)c1)c1ccccc1. The molecule has 0 atom stereocenters. The molecule has 3 heteroatoms. The molecule has 0 fully saturated rings. The molecule has 0 unspecified atom stereocenters. The number of fused-ring (bicyclic) bond motifs is 3. The van der Waals surface area contributed by atoms with Crippen LogP contribution in [0.2, 0.25) is 0 Å². The van der Waals surface area contributed by atoms with Crippen molar-refractivity contribution in [3.8, 4) is 33.4 Å². The highest BCUT2D eigenvalue weighted by Gasteiger charge is 2.16. The first-order chi connectivity index (χ1) is 23.0. The number of rotatable bonds is 9. The number of furan rings is 1. The van der Waals surface area contributed by atoms with Gasteiger partial charge >= 0.3 is 0 Å². The highest BCUT2D eigenvalue weighted by molar-refractivity contribution is 6.15. The van der Waals surface area contributed by atoms with E-state index in [-0.39, 0.29) is 0 Å². The van der Waals surface area contributed by atoms with E-state index in [1.807, 2.05) is 60.7 Å². The van der Waals surface area contributed by atoms with E-state index in [9.17, 15) is 5.41 Å². The Bertz CT molecular complexity index is 2310. The second kappa shape index (κ2) is 12.9. The minimum atomic E-state index is 0.373. The lowest BCUT2D eigenvalue weighted by atomic mass is 9.87. The first-order valence-electron chi connectivity index (χ1n) is 16.1. The second-order valence-electron chi connectivity index (χ2n) is 12.0. The highest BCUT2D eigenvalue weighted by Crippen LogP contribution is 2.37. The third-order valence-electron chi connectivity index (χ3n) is 8.92. The van der Waals surface area contributed by atoms with Crippen LogP contribution in [0.1, 0.15) is 35.6 Å². The number of aryl methyl sites for hydroxylation is 2. The van der Waals surface area contributed by atoms with Crippen LogP contribution in [0.15, 0.2) is 149 Å². The molecule has 0 amide bonds. The Morgan fingerprint density at radius 1 is 0.681 bits per heavy atom. The summed E-state index contributed by atoms with van der Waals surface area (Å²) in [6, 6.07) is 46.2. The summed E-state index contributed by atoms with van der Waals surface area (Å²) in [6.07, 6.45) is 3.90. The maximum absolute atomic E-state index is 9.46. The average Bonchev–Trinajstić information content (AvgIpc) is 3.49. The van der Waals surface area contributed by atoms with Crippen LogP contribution in [0.4, 0.5) is 0 Å². The average molecular weight is 609 g/mol. The van der Waals surface area contributed by atoms with Crippen LogP contribution in [0.5, 0.6) is 0 Å². The Hall–Kier alpha value is -5.80.